The van der Waals surface area contributed by atoms with Crippen LogP contribution in [0.25, 0.3) is 0 Å². The molecule has 0 N–H and O–H groups in total. The van der Waals surface area contributed by atoms with E-state index < -0.39 is 6.85 Å². The third-order valence-corrected chi connectivity index (χ3v) is 1.52. The van der Waals surface area contributed by atoms with Gasteiger partial charge >= 0.3 is 0 Å². The first kappa shape index (κ1) is 4.91. The van der Waals surface area contributed by atoms with E-state index >= 15 is 0 Å². The Bertz CT molecular complexity index is 294. The Kier molecular flexibility index (Phi) is 1.18. The third-order valence-electron chi connectivity index (χ3n) is 1.52. The van der Waals surface area contributed by atoms with Crippen molar-refractivity contribution in [1.29, 1.82) is 0 Å². The maximum absolute atomic E-state index is 7.24. The maximum atomic E-state index is 7.24. The summed E-state index contributed by atoms with van der Waals surface area (Å²) in [6.07, 6.45) is 0. The molecule has 60 valence electrons. The molecule has 1 aromatic heterocycles. The second-order valence-corrected chi connectivity index (χ2v) is 3.66. The van der Waals surface area contributed by atoms with E-state index in [0.29, 0.717) is 0 Å². The summed E-state index contributed by atoms with van der Waals surface area (Å²) < 4.78 is 21.7. The van der Waals surface area contributed by atoms with Crippen LogP contribution in [0.3, 0.4) is 0 Å². The molecule has 11 heavy (non-hydrogen) atoms. The van der Waals surface area contributed by atoms with Gasteiger partial charge in [0.25, 0.3) is 0 Å². The first-order valence-corrected chi connectivity index (χ1v) is 3.69. The summed E-state index contributed by atoms with van der Waals surface area (Å²) in [6, 6.07) is 5.15. The summed E-state index contributed by atoms with van der Waals surface area (Å²) in [5.41, 5.74) is 0.873. The van der Waals surface area contributed by atoms with Crippen LogP contribution in [0.2, 0.25) is 0 Å². The molecule has 1 heterocycles. The van der Waals surface area contributed by atoms with Gasteiger partial charge < -0.3 is 0 Å². The van der Waals surface area contributed by atoms with Gasteiger partial charge in [0.05, 0.1) is 0 Å². The zero-order valence-electron chi connectivity index (χ0n) is 10.2. The molecule has 0 atom stereocenters. The van der Waals surface area contributed by atoms with E-state index in [1.165, 1.54) is 0 Å². The van der Waals surface area contributed by atoms with Crippen LogP contribution in [0.1, 0.15) is 36.3 Å². The van der Waals surface area contributed by atoms with Crippen molar-refractivity contribution < 1.29 is 4.11 Å². The Morgan fingerprint density at radius 2 is 2.09 bits per heavy atom. The number of nitrogens with zero attached hydrogens (tertiary/aromatic N) is 1. The van der Waals surface area contributed by atoms with E-state index in [1.54, 1.807) is 12.1 Å². The van der Waals surface area contributed by atoms with Crippen molar-refractivity contribution in [2.75, 3.05) is 0 Å². The van der Waals surface area contributed by atoms with Crippen LogP contribution in [0.4, 0.5) is 0 Å². The first-order chi connectivity index (χ1) is 6.21. The lowest BCUT2D eigenvalue weighted by atomic mass is 9.91. The Morgan fingerprint density at radius 1 is 1.36 bits per heavy atom. The number of pyridine rings is 1. The molecule has 1 aromatic rings. The second-order valence-electron chi connectivity index (χ2n) is 3.66. The number of aryl methyl sites for hydroxylation is 1. The molecule has 0 aromatic carbocycles. The lowest BCUT2D eigenvalue weighted by Crippen LogP contribution is -2.13. The van der Waals surface area contributed by atoms with Crippen LogP contribution in [0.15, 0.2) is 18.2 Å². The molecule has 0 saturated heterocycles. The fourth-order valence-electron chi connectivity index (χ4n) is 0.852. The Hall–Kier alpha value is -0.850. The predicted molar refractivity (Wildman–Crippen MR) is 47.7 cm³/mol. The smallest absolute Gasteiger partial charge is 0.0460 e. The molecule has 0 unspecified atom stereocenters. The highest BCUT2D eigenvalue weighted by Crippen LogP contribution is 2.19. The van der Waals surface area contributed by atoms with E-state index in [0.717, 1.165) is 5.69 Å². The van der Waals surface area contributed by atoms with E-state index in [4.69, 9.17) is 4.11 Å². The Morgan fingerprint density at radius 3 is 2.64 bits per heavy atom. The quantitative estimate of drug-likeness (QED) is 0.557. The minimum absolute atomic E-state index is 0.110. The van der Waals surface area contributed by atoms with Crippen molar-refractivity contribution >= 4 is 0 Å². The summed E-state index contributed by atoms with van der Waals surface area (Å²) in [6.45, 7) is 3.93. The van der Waals surface area contributed by atoms with Crippen molar-refractivity contribution in [3.8, 4) is 0 Å². The number of hydrogen-bond acceptors (Lipinski definition) is 1. The summed E-state index contributed by atoms with van der Waals surface area (Å²) in [7, 11) is 0. The fourth-order valence-corrected chi connectivity index (χ4v) is 0.852. The molecule has 1 heteroatoms. The van der Waals surface area contributed by atoms with Crippen molar-refractivity contribution in [2.24, 2.45) is 0 Å². The maximum Gasteiger partial charge on any atom is 0.0460 e. The molecular formula is C10H15N. The van der Waals surface area contributed by atoms with Gasteiger partial charge in [-0.2, -0.15) is 0 Å². The highest BCUT2D eigenvalue weighted by Gasteiger charge is 2.14. The first-order valence-electron chi connectivity index (χ1n) is 5.19. The lowest BCUT2D eigenvalue weighted by molar-refractivity contribution is 0.567. The second kappa shape index (κ2) is 2.65. The minimum Gasteiger partial charge on any atom is -0.258 e. The molecule has 0 aliphatic carbocycles. The van der Waals surface area contributed by atoms with Gasteiger partial charge in [-0.05, 0) is 19.0 Å². The Labute approximate surface area is 72.7 Å². The monoisotopic (exact) mass is 152 g/mol. The van der Waals surface area contributed by atoms with Crippen molar-refractivity contribution in [3.63, 3.8) is 0 Å². The van der Waals surface area contributed by atoms with Crippen LogP contribution in [0, 0.1) is 6.85 Å². The van der Waals surface area contributed by atoms with Gasteiger partial charge in [-0.15, -0.1) is 0 Å². The van der Waals surface area contributed by atoms with Gasteiger partial charge in [0, 0.05) is 20.9 Å². The summed E-state index contributed by atoms with van der Waals surface area (Å²) in [5, 5.41) is 0. The largest absolute Gasteiger partial charge is 0.258 e. The summed E-state index contributed by atoms with van der Waals surface area (Å²) in [4.78, 5) is 4.15. The molecule has 0 fully saturated rings. The number of rotatable bonds is 0. The van der Waals surface area contributed by atoms with Crippen LogP contribution >= 0.6 is 0 Å². The lowest BCUT2D eigenvalue weighted by Gasteiger charge is -2.17. The van der Waals surface area contributed by atoms with Crippen LogP contribution in [-0.4, -0.2) is 4.98 Å². The zero-order valence-corrected chi connectivity index (χ0v) is 7.18. The Balaban J connectivity index is 3.15. The summed E-state index contributed by atoms with van der Waals surface area (Å²) in [5.74, 6) is 0. The van der Waals surface area contributed by atoms with Gasteiger partial charge in [-0.25, -0.2) is 0 Å². The average molecular weight is 152 g/mol. The van der Waals surface area contributed by atoms with Gasteiger partial charge in [0.2, 0.25) is 0 Å². The SMILES string of the molecule is [2H]C([2H])([2H])c1cccc(C(C)(C)C)n1. The highest BCUT2D eigenvalue weighted by atomic mass is 14.7. The number of aromatic nitrogens is 1. The molecule has 0 bridgehead atoms. The van der Waals surface area contributed by atoms with E-state index in [2.05, 4.69) is 4.98 Å². The fraction of sp³-hybridized carbons (Fsp3) is 0.500. The molecule has 0 amide bonds. The standard InChI is InChI=1S/C10H15N/c1-8-6-5-7-9(11-8)10(2,3)4/h5-7H,1-4H3/i1D3. The van der Waals surface area contributed by atoms with Gasteiger partial charge in [-0.1, -0.05) is 26.8 Å². The number of hydrogen-bond donors (Lipinski definition) is 0. The molecule has 0 radical (unpaired) electrons. The molecule has 0 aliphatic rings. The molecule has 1 rings (SSSR count). The topological polar surface area (TPSA) is 12.9 Å². The van der Waals surface area contributed by atoms with Crippen LogP contribution < -0.4 is 0 Å². The average Bonchev–Trinajstić information content (AvgIpc) is 2.01. The molecular weight excluding hydrogens is 134 g/mol. The van der Waals surface area contributed by atoms with Crippen LogP contribution in [-0.2, 0) is 5.41 Å². The third kappa shape index (κ3) is 2.04. The minimum atomic E-state index is -2.11. The summed E-state index contributed by atoms with van der Waals surface area (Å²) >= 11 is 0. The van der Waals surface area contributed by atoms with E-state index in [1.807, 2.05) is 26.8 Å². The predicted octanol–water partition coefficient (Wildman–Crippen LogP) is 2.69. The van der Waals surface area contributed by atoms with E-state index in [-0.39, 0.29) is 11.1 Å². The molecule has 0 spiro atoms. The van der Waals surface area contributed by atoms with Crippen molar-refractivity contribution in [3.05, 3.63) is 29.6 Å². The highest BCUT2D eigenvalue weighted by molar-refractivity contribution is 5.16. The van der Waals surface area contributed by atoms with Gasteiger partial charge in [0.15, 0.2) is 0 Å². The van der Waals surface area contributed by atoms with Gasteiger partial charge in [0.1, 0.15) is 0 Å². The normalized spacial score (nSPS) is 16.8. The molecule has 0 saturated carbocycles. The van der Waals surface area contributed by atoms with Crippen molar-refractivity contribution in [1.82, 2.24) is 4.98 Å². The zero-order chi connectivity index (χ0) is 11.0. The van der Waals surface area contributed by atoms with Gasteiger partial charge in [-0.3, -0.25) is 4.98 Å². The molecule has 0 aliphatic heterocycles. The van der Waals surface area contributed by atoms with Crippen LogP contribution in [0.5, 0.6) is 0 Å². The van der Waals surface area contributed by atoms with E-state index in [9.17, 15) is 0 Å². The molecule has 1 nitrogen and oxygen atoms in total. The van der Waals surface area contributed by atoms with Crippen molar-refractivity contribution in [2.45, 2.75) is 33.0 Å².